The predicted octanol–water partition coefficient (Wildman–Crippen LogP) is 4.32. The van der Waals surface area contributed by atoms with Gasteiger partial charge in [0.1, 0.15) is 0 Å². The molecule has 1 aliphatic heterocycles. The van der Waals surface area contributed by atoms with E-state index in [1.807, 2.05) is 25.1 Å². The third-order valence-electron chi connectivity index (χ3n) is 6.36. The van der Waals surface area contributed by atoms with E-state index < -0.39 is 10.0 Å². The Balaban J connectivity index is 1.36. The summed E-state index contributed by atoms with van der Waals surface area (Å²) in [6, 6.07) is 20.1. The van der Waals surface area contributed by atoms with E-state index >= 15 is 0 Å². The molecule has 4 rings (SSSR count). The fourth-order valence-corrected chi connectivity index (χ4v) is 5.73. The first-order valence-corrected chi connectivity index (χ1v) is 12.6. The number of Topliss-reactive ketones (excluding diaryl/α,β-unsaturated/α-hetero) is 1. The Morgan fingerprint density at radius 1 is 0.939 bits per heavy atom. The number of piperidine rings is 1. The number of sulfonamides is 1. The Morgan fingerprint density at radius 3 is 2.21 bits per heavy atom. The van der Waals surface area contributed by atoms with Crippen LogP contribution in [0.3, 0.4) is 0 Å². The maximum absolute atomic E-state index is 13.0. The number of nitrogens with zero attached hydrogens (tertiary/aromatic N) is 1. The highest BCUT2D eigenvalue weighted by Gasteiger charge is 2.32. The van der Waals surface area contributed by atoms with Gasteiger partial charge in [-0.15, -0.1) is 0 Å². The van der Waals surface area contributed by atoms with Crippen LogP contribution in [0.15, 0.2) is 71.6 Å². The largest absolute Gasteiger partial charge is 0.349 e. The number of benzene rings is 3. The Morgan fingerprint density at radius 2 is 1.58 bits per heavy atom. The normalized spacial score (nSPS) is 16.4. The summed E-state index contributed by atoms with van der Waals surface area (Å²) in [5.41, 5.74) is 1.51. The van der Waals surface area contributed by atoms with Crippen molar-refractivity contribution in [3.8, 4) is 0 Å². The van der Waals surface area contributed by atoms with E-state index in [0.29, 0.717) is 31.5 Å². The fraction of sp³-hybridized carbons (Fsp3) is 0.308. The lowest BCUT2D eigenvalue weighted by Gasteiger charge is -2.31. The summed E-state index contributed by atoms with van der Waals surface area (Å²) in [7, 11) is -3.65. The zero-order valence-electron chi connectivity index (χ0n) is 18.8. The van der Waals surface area contributed by atoms with Gasteiger partial charge in [0.2, 0.25) is 15.9 Å². The molecule has 172 valence electrons. The number of amides is 1. The standard InChI is InChI=1S/C26H28N2O4S/c1-18(23-8-7-21-5-3-4-6-24(21)17-23)27-26(30)22-13-15-28(16-14-22)33(31,32)25-11-9-20(10-12-25)19(2)29/h3-12,17-18,22H,13-16H2,1-2H3,(H,27,30)/t18-/m1/s1. The van der Waals surface area contributed by atoms with Gasteiger partial charge in [-0.2, -0.15) is 4.31 Å². The van der Waals surface area contributed by atoms with Gasteiger partial charge in [0.05, 0.1) is 10.9 Å². The Hall–Kier alpha value is -3.03. The number of carbonyl (C=O) groups is 2. The second kappa shape index (κ2) is 9.45. The maximum Gasteiger partial charge on any atom is 0.243 e. The highest BCUT2D eigenvalue weighted by Crippen LogP contribution is 2.26. The molecule has 0 spiro atoms. The summed E-state index contributed by atoms with van der Waals surface area (Å²) in [5, 5.41) is 5.38. The molecule has 1 heterocycles. The highest BCUT2D eigenvalue weighted by molar-refractivity contribution is 7.89. The van der Waals surface area contributed by atoms with E-state index in [9.17, 15) is 18.0 Å². The molecule has 0 aromatic heterocycles. The van der Waals surface area contributed by atoms with Gasteiger partial charge in [-0.3, -0.25) is 9.59 Å². The van der Waals surface area contributed by atoms with Gasteiger partial charge in [-0.1, -0.05) is 48.5 Å². The molecule has 7 heteroatoms. The molecule has 1 aliphatic rings. The van der Waals surface area contributed by atoms with E-state index in [0.717, 1.165) is 16.3 Å². The first kappa shape index (κ1) is 23.1. The van der Waals surface area contributed by atoms with Crippen molar-refractivity contribution < 1.29 is 18.0 Å². The van der Waals surface area contributed by atoms with Crippen LogP contribution in [0.1, 0.15) is 48.7 Å². The summed E-state index contributed by atoms with van der Waals surface area (Å²) in [6.07, 6.45) is 0.946. The molecular formula is C26H28N2O4S. The van der Waals surface area contributed by atoms with Gasteiger partial charge in [-0.05, 0) is 61.2 Å². The molecule has 0 saturated carbocycles. The average Bonchev–Trinajstić information content (AvgIpc) is 2.83. The first-order valence-electron chi connectivity index (χ1n) is 11.2. The van der Waals surface area contributed by atoms with Crippen molar-refractivity contribution in [1.29, 1.82) is 0 Å². The van der Waals surface area contributed by atoms with E-state index in [1.54, 1.807) is 0 Å². The zero-order chi connectivity index (χ0) is 23.6. The van der Waals surface area contributed by atoms with E-state index in [4.69, 9.17) is 0 Å². The predicted molar refractivity (Wildman–Crippen MR) is 128 cm³/mol. The Kier molecular flexibility index (Phi) is 6.63. The molecule has 0 aliphatic carbocycles. The van der Waals surface area contributed by atoms with E-state index in [-0.39, 0.29) is 28.5 Å². The van der Waals surface area contributed by atoms with Crippen LogP contribution in [0.25, 0.3) is 10.8 Å². The van der Waals surface area contributed by atoms with Crippen molar-refractivity contribution in [1.82, 2.24) is 9.62 Å². The molecule has 6 nitrogen and oxygen atoms in total. The summed E-state index contributed by atoms with van der Waals surface area (Å²) < 4.78 is 27.3. The van der Waals surface area contributed by atoms with Crippen molar-refractivity contribution in [3.05, 3.63) is 77.9 Å². The molecule has 1 saturated heterocycles. The molecule has 0 bridgehead atoms. The number of hydrogen-bond donors (Lipinski definition) is 1. The van der Waals surface area contributed by atoms with Crippen LogP contribution in [-0.2, 0) is 14.8 Å². The third-order valence-corrected chi connectivity index (χ3v) is 8.27. The smallest absolute Gasteiger partial charge is 0.243 e. The molecule has 3 aromatic carbocycles. The summed E-state index contributed by atoms with van der Waals surface area (Å²) >= 11 is 0. The molecule has 3 aromatic rings. The number of ketones is 1. The summed E-state index contributed by atoms with van der Waals surface area (Å²) in [4.78, 5) is 24.5. The lowest BCUT2D eigenvalue weighted by atomic mass is 9.96. The van der Waals surface area contributed by atoms with Crippen molar-refractivity contribution in [3.63, 3.8) is 0 Å². The SMILES string of the molecule is CC(=O)c1ccc(S(=O)(=O)N2CCC(C(=O)N[C@H](C)c3ccc4ccccc4c3)CC2)cc1. The molecular weight excluding hydrogens is 436 g/mol. The van der Waals surface area contributed by atoms with Crippen LogP contribution < -0.4 is 5.32 Å². The van der Waals surface area contributed by atoms with Crippen molar-refractivity contribution >= 4 is 32.5 Å². The van der Waals surface area contributed by atoms with Crippen LogP contribution in [0.4, 0.5) is 0 Å². The quantitative estimate of drug-likeness (QED) is 0.551. The molecule has 0 unspecified atom stereocenters. The Labute approximate surface area is 194 Å². The van der Waals surface area contributed by atoms with E-state index in [1.165, 1.54) is 35.5 Å². The number of hydrogen-bond acceptors (Lipinski definition) is 4. The zero-order valence-corrected chi connectivity index (χ0v) is 19.6. The van der Waals surface area contributed by atoms with Gasteiger partial charge < -0.3 is 5.32 Å². The van der Waals surface area contributed by atoms with Crippen molar-refractivity contribution in [2.75, 3.05) is 13.1 Å². The van der Waals surface area contributed by atoms with Gasteiger partial charge >= 0.3 is 0 Å². The minimum absolute atomic E-state index is 0.0430. The van der Waals surface area contributed by atoms with E-state index in [2.05, 4.69) is 29.6 Å². The van der Waals surface area contributed by atoms with Crippen molar-refractivity contribution in [2.24, 2.45) is 5.92 Å². The van der Waals surface area contributed by atoms with Crippen LogP contribution in [0.5, 0.6) is 0 Å². The van der Waals surface area contributed by atoms with Gasteiger partial charge in [0.25, 0.3) is 0 Å². The van der Waals surface area contributed by atoms with Gasteiger partial charge in [0, 0.05) is 24.6 Å². The number of nitrogens with one attached hydrogen (secondary N) is 1. The number of rotatable bonds is 6. The molecule has 1 amide bonds. The highest BCUT2D eigenvalue weighted by atomic mass is 32.2. The minimum atomic E-state index is -3.65. The summed E-state index contributed by atoms with van der Waals surface area (Å²) in [5.74, 6) is -0.373. The topological polar surface area (TPSA) is 83.6 Å². The molecule has 1 fully saturated rings. The van der Waals surface area contributed by atoms with Crippen molar-refractivity contribution in [2.45, 2.75) is 37.6 Å². The fourth-order valence-electron chi connectivity index (χ4n) is 4.26. The first-order chi connectivity index (χ1) is 15.8. The Bertz CT molecular complexity index is 1280. The van der Waals surface area contributed by atoms with Crippen LogP contribution >= 0.6 is 0 Å². The minimum Gasteiger partial charge on any atom is -0.349 e. The lowest BCUT2D eigenvalue weighted by molar-refractivity contribution is -0.126. The van der Waals surface area contributed by atoms with Gasteiger partial charge in [0.15, 0.2) is 5.78 Å². The maximum atomic E-state index is 13.0. The molecule has 0 radical (unpaired) electrons. The second-order valence-corrected chi connectivity index (χ2v) is 10.5. The van der Waals surface area contributed by atoms with Crippen LogP contribution in [0, 0.1) is 5.92 Å². The van der Waals surface area contributed by atoms with Gasteiger partial charge in [-0.25, -0.2) is 8.42 Å². The monoisotopic (exact) mass is 464 g/mol. The third kappa shape index (κ3) is 4.99. The molecule has 1 atom stereocenters. The summed E-state index contributed by atoms with van der Waals surface area (Å²) in [6.45, 7) is 3.99. The van der Waals surface area contributed by atoms with Crippen LogP contribution in [-0.4, -0.2) is 37.5 Å². The molecule has 1 N–H and O–H groups in total. The lowest BCUT2D eigenvalue weighted by Crippen LogP contribution is -2.43. The number of carbonyl (C=O) groups excluding carboxylic acids is 2. The second-order valence-electron chi connectivity index (χ2n) is 8.60. The van der Waals surface area contributed by atoms with Crippen LogP contribution in [0.2, 0.25) is 0 Å². The number of fused-ring (bicyclic) bond motifs is 1. The average molecular weight is 465 g/mol. The molecule has 33 heavy (non-hydrogen) atoms.